The maximum absolute atomic E-state index is 12.2. The minimum absolute atomic E-state index is 0.0595. The van der Waals surface area contributed by atoms with Crippen molar-refractivity contribution >= 4 is 15.7 Å². The molecule has 1 rings (SSSR count). The Balaban J connectivity index is 2.68. The van der Waals surface area contributed by atoms with Crippen molar-refractivity contribution in [2.45, 2.75) is 24.1 Å². The van der Waals surface area contributed by atoms with E-state index >= 15 is 0 Å². The Morgan fingerprint density at radius 2 is 1.86 bits per heavy atom. The fourth-order valence-corrected chi connectivity index (χ4v) is 2.49. The number of halogens is 3. The zero-order chi connectivity index (χ0) is 16.3. The van der Waals surface area contributed by atoms with Crippen LogP contribution in [0.3, 0.4) is 0 Å². The minimum Gasteiger partial charge on any atom is -0.384 e. The van der Waals surface area contributed by atoms with E-state index in [1.54, 1.807) is 0 Å². The van der Waals surface area contributed by atoms with Crippen LogP contribution in [0.25, 0.3) is 0 Å². The smallest absolute Gasteiger partial charge is 0.384 e. The number of benzene rings is 1. The van der Waals surface area contributed by atoms with Crippen LogP contribution in [-0.2, 0) is 14.6 Å². The number of alkyl halides is 3. The first-order valence-corrected chi connectivity index (χ1v) is 7.55. The molecule has 0 spiro atoms. The van der Waals surface area contributed by atoms with Crippen molar-refractivity contribution in [2.24, 2.45) is 5.73 Å². The van der Waals surface area contributed by atoms with Gasteiger partial charge in [-0.1, -0.05) is 12.1 Å². The predicted octanol–water partition coefficient (Wildman–Crippen LogP) is 1.71. The largest absolute Gasteiger partial charge is 0.414 e. The monoisotopic (exact) mass is 324 g/mol. The molecule has 5 nitrogen and oxygen atoms in total. The van der Waals surface area contributed by atoms with E-state index in [2.05, 4.69) is 4.74 Å². The summed E-state index contributed by atoms with van der Waals surface area (Å²) < 4.78 is 64.9. The summed E-state index contributed by atoms with van der Waals surface area (Å²) in [5, 5.41) is 7.18. The maximum atomic E-state index is 12.2. The first kappa shape index (κ1) is 17.4. The van der Waals surface area contributed by atoms with Gasteiger partial charge in [-0.25, -0.2) is 8.42 Å². The van der Waals surface area contributed by atoms with Crippen molar-refractivity contribution in [3.8, 4) is 0 Å². The normalized spacial score (nSPS) is 13.9. The number of rotatable bonds is 6. The van der Waals surface area contributed by atoms with Crippen LogP contribution < -0.4 is 5.73 Å². The van der Waals surface area contributed by atoms with E-state index in [1.165, 1.54) is 24.3 Å². The zero-order valence-corrected chi connectivity index (χ0v) is 12.0. The standard InChI is InChI=1S/C12H15F3N2O3S/c1-8(12(13,14)15)20-6-7-21(18,19)10-4-2-9(3-5-10)11(16)17/h2-5,8H,6-7H2,1H3,(H3,16,17). The second kappa shape index (κ2) is 6.44. The number of nitrogens with two attached hydrogens (primary N) is 1. The van der Waals surface area contributed by atoms with Crippen LogP contribution in [0.4, 0.5) is 13.2 Å². The third kappa shape index (κ3) is 5.01. The van der Waals surface area contributed by atoms with Crippen molar-refractivity contribution < 1.29 is 26.3 Å². The summed E-state index contributed by atoms with van der Waals surface area (Å²) in [7, 11) is -3.75. The minimum atomic E-state index is -4.52. The van der Waals surface area contributed by atoms with Crippen LogP contribution in [0.15, 0.2) is 29.2 Å². The van der Waals surface area contributed by atoms with Crippen LogP contribution in [0, 0.1) is 5.41 Å². The second-order valence-corrected chi connectivity index (χ2v) is 6.42. The molecule has 1 aromatic carbocycles. The lowest BCUT2D eigenvalue weighted by molar-refractivity contribution is -0.212. The molecule has 0 bridgehead atoms. The Bertz CT molecular complexity index is 597. The van der Waals surface area contributed by atoms with Crippen molar-refractivity contribution in [2.75, 3.05) is 12.4 Å². The van der Waals surface area contributed by atoms with Crippen molar-refractivity contribution in [1.82, 2.24) is 0 Å². The summed E-state index contributed by atoms with van der Waals surface area (Å²) in [6.45, 7) is 0.256. The molecule has 21 heavy (non-hydrogen) atoms. The molecule has 0 aliphatic carbocycles. The van der Waals surface area contributed by atoms with Gasteiger partial charge in [0.2, 0.25) is 0 Å². The third-order valence-corrected chi connectivity index (χ3v) is 4.40. The third-order valence-electron chi connectivity index (χ3n) is 2.71. The number of amidine groups is 1. The van der Waals surface area contributed by atoms with Crippen molar-refractivity contribution in [3.63, 3.8) is 0 Å². The fraction of sp³-hybridized carbons (Fsp3) is 0.417. The van der Waals surface area contributed by atoms with Gasteiger partial charge in [0, 0.05) is 5.56 Å². The average molecular weight is 324 g/mol. The highest BCUT2D eigenvalue weighted by Gasteiger charge is 2.37. The summed E-state index contributed by atoms with van der Waals surface area (Å²) in [6.07, 6.45) is -6.54. The van der Waals surface area contributed by atoms with Crippen LogP contribution in [0.1, 0.15) is 12.5 Å². The lowest BCUT2D eigenvalue weighted by Gasteiger charge is -2.16. The Hall–Kier alpha value is -1.61. The molecule has 0 aliphatic rings. The summed E-state index contributed by atoms with van der Waals surface area (Å²) in [4.78, 5) is -0.0595. The van der Waals surface area contributed by atoms with Gasteiger partial charge in [-0.15, -0.1) is 0 Å². The van der Waals surface area contributed by atoms with E-state index < -0.39 is 34.5 Å². The van der Waals surface area contributed by atoms with Crippen LogP contribution in [-0.4, -0.2) is 38.9 Å². The van der Waals surface area contributed by atoms with Crippen molar-refractivity contribution in [3.05, 3.63) is 29.8 Å². The number of nitrogen functional groups attached to an aromatic ring is 1. The number of hydrogen-bond acceptors (Lipinski definition) is 4. The molecule has 9 heteroatoms. The molecule has 0 radical (unpaired) electrons. The van der Waals surface area contributed by atoms with Gasteiger partial charge in [0.1, 0.15) is 5.84 Å². The van der Waals surface area contributed by atoms with Gasteiger partial charge >= 0.3 is 6.18 Å². The molecular formula is C12H15F3N2O3S. The Kier molecular flexibility index (Phi) is 5.35. The first-order valence-electron chi connectivity index (χ1n) is 5.89. The fourth-order valence-electron chi connectivity index (χ4n) is 1.39. The molecule has 1 atom stereocenters. The number of hydrogen-bond donors (Lipinski definition) is 2. The van der Waals surface area contributed by atoms with Gasteiger partial charge < -0.3 is 10.5 Å². The lowest BCUT2D eigenvalue weighted by atomic mass is 10.2. The van der Waals surface area contributed by atoms with Crippen LogP contribution >= 0.6 is 0 Å². The molecular weight excluding hydrogens is 309 g/mol. The van der Waals surface area contributed by atoms with E-state index in [0.29, 0.717) is 5.56 Å². The topological polar surface area (TPSA) is 93.2 Å². The summed E-state index contributed by atoms with van der Waals surface area (Å²) in [6, 6.07) is 5.21. The van der Waals surface area contributed by atoms with Gasteiger partial charge in [-0.3, -0.25) is 5.41 Å². The molecule has 0 amide bonds. The summed E-state index contributed by atoms with van der Waals surface area (Å²) in [5.41, 5.74) is 5.59. The second-order valence-electron chi connectivity index (χ2n) is 4.31. The number of ether oxygens (including phenoxy) is 1. The van der Waals surface area contributed by atoms with E-state index in [9.17, 15) is 21.6 Å². The molecule has 0 aromatic heterocycles. The van der Waals surface area contributed by atoms with E-state index in [4.69, 9.17) is 11.1 Å². The van der Waals surface area contributed by atoms with Crippen LogP contribution in [0.5, 0.6) is 0 Å². The van der Waals surface area contributed by atoms with Gasteiger partial charge in [0.05, 0.1) is 17.3 Å². The molecule has 0 aliphatic heterocycles. The van der Waals surface area contributed by atoms with Gasteiger partial charge in [0.15, 0.2) is 15.9 Å². The Labute approximate surface area is 120 Å². The van der Waals surface area contributed by atoms with E-state index in [-0.39, 0.29) is 10.7 Å². The molecule has 118 valence electrons. The van der Waals surface area contributed by atoms with Gasteiger partial charge in [-0.2, -0.15) is 13.2 Å². The molecule has 0 fully saturated rings. The Morgan fingerprint density at radius 1 is 1.33 bits per heavy atom. The number of nitrogens with one attached hydrogen (secondary N) is 1. The van der Waals surface area contributed by atoms with Crippen LogP contribution in [0.2, 0.25) is 0 Å². The molecule has 3 N–H and O–H groups in total. The van der Waals surface area contributed by atoms with E-state index in [0.717, 1.165) is 6.92 Å². The molecule has 1 unspecified atom stereocenters. The van der Waals surface area contributed by atoms with E-state index in [1.807, 2.05) is 0 Å². The molecule has 0 saturated carbocycles. The molecule has 0 heterocycles. The lowest BCUT2D eigenvalue weighted by Crippen LogP contribution is -2.30. The van der Waals surface area contributed by atoms with Gasteiger partial charge in [0.25, 0.3) is 0 Å². The number of sulfone groups is 1. The highest BCUT2D eigenvalue weighted by Crippen LogP contribution is 2.22. The van der Waals surface area contributed by atoms with Crippen molar-refractivity contribution in [1.29, 1.82) is 5.41 Å². The highest BCUT2D eigenvalue weighted by atomic mass is 32.2. The average Bonchev–Trinajstić information content (AvgIpc) is 2.37. The predicted molar refractivity (Wildman–Crippen MR) is 71.0 cm³/mol. The Morgan fingerprint density at radius 3 is 2.29 bits per heavy atom. The first-order chi connectivity index (χ1) is 9.54. The summed E-state index contributed by atoms with van der Waals surface area (Å²) in [5.74, 6) is -0.770. The quantitative estimate of drug-likeness (QED) is 0.615. The molecule has 0 saturated heterocycles. The highest BCUT2D eigenvalue weighted by molar-refractivity contribution is 7.91. The maximum Gasteiger partial charge on any atom is 0.414 e. The summed E-state index contributed by atoms with van der Waals surface area (Å²) >= 11 is 0. The molecule has 1 aromatic rings. The van der Waals surface area contributed by atoms with Gasteiger partial charge in [-0.05, 0) is 19.1 Å². The zero-order valence-electron chi connectivity index (χ0n) is 11.1. The SMILES string of the molecule is CC(OCCS(=O)(=O)c1ccc(C(=N)N)cc1)C(F)(F)F.